The predicted molar refractivity (Wildman–Crippen MR) is 142 cm³/mol. The van der Waals surface area contributed by atoms with Gasteiger partial charge in [-0.2, -0.15) is 10.1 Å². The summed E-state index contributed by atoms with van der Waals surface area (Å²) in [4.78, 5) is 16.2. The summed E-state index contributed by atoms with van der Waals surface area (Å²) in [7, 11) is 1.69. The molecule has 0 saturated carbocycles. The van der Waals surface area contributed by atoms with Crippen LogP contribution >= 0.6 is 0 Å². The maximum absolute atomic E-state index is 9.50. The zero-order valence-electron chi connectivity index (χ0n) is 21.8. The van der Waals surface area contributed by atoms with Gasteiger partial charge in [0.1, 0.15) is 22.5 Å². The van der Waals surface area contributed by atoms with Gasteiger partial charge in [-0.25, -0.2) is 4.98 Å². The number of fused-ring (bicyclic) bond motifs is 1. The molecule has 11 heteroatoms. The molecule has 3 aromatic rings. The zero-order valence-corrected chi connectivity index (χ0v) is 21.8. The van der Waals surface area contributed by atoms with Crippen molar-refractivity contribution in [3.63, 3.8) is 0 Å². The van der Waals surface area contributed by atoms with Crippen molar-refractivity contribution < 1.29 is 14.6 Å². The van der Waals surface area contributed by atoms with Gasteiger partial charge in [0.15, 0.2) is 5.82 Å². The Kier molecular flexibility index (Phi) is 8.02. The van der Waals surface area contributed by atoms with E-state index in [9.17, 15) is 5.11 Å². The SMILES string of the molecule is CCCC(CCO)Nc1nc(N)nc2cnn(Cc3ncc(C4CCN(C5COC5)CC4)cc3OC)c12. The van der Waals surface area contributed by atoms with Gasteiger partial charge in [0, 0.05) is 18.8 Å². The molecule has 1 unspecified atom stereocenters. The van der Waals surface area contributed by atoms with Crippen LogP contribution < -0.4 is 15.8 Å². The van der Waals surface area contributed by atoms with Gasteiger partial charge in [-0.15, -0.1) is 0 Å². The van der Waals surface area contributed by atoms with Gasteiger partial charge in [-0.1, -0.05) is 13.3 Å². The van der Waals surface area contributed by atoms with Gasteiger partial charge >= 0.3 is 0 Å². The van der Waals surface area contributed by atoms with Crippen LogP contribution in [0.25, 0.3) is 11.0 Å². The van der Waals surface area contributed by atoms with Crippen LogP contribution in [-0.4, -0.2) is 86.8 Å². The first-order chi connectivity index (χ1) is 18.1. The smallest absolute Gasteiger partial charge is 0.222 e. The van der Waals surface area contributed by atoms with E-state index in [1.807, 2.05) is 10.9 Å². The molecule has 1 atom stereocenters. The fourth-order valence-corrected chi connectivity index (χ4v) is 5.40. The van der Waals surface area contributed by atoms with E-state index >= 15 is 0 Å². The van der Waals surface area contributed by atoms with Crippen molar-refractivity contribution in [2.24, 2.45) is 0 Å². The van der Waals surface area contributed by atoms with Crippen LogP contribution in [0.3, 0.4) is 0 Å². The van der Waals surface area contributed by atoms with Crippen molar-refractivity contribution in [3.8, 4) is 5.75 Å². The van der Waals surface area contributed by atoms with E-state index in [0.29, 0.717) is 36.3 Å². The highest BCUT2D eigenvalue weighted by atomic mass is 16.5. The minimum atomic E-state index is 0.0750. The Bertz CT molecular complexity index is 1180. The van der Waals surface area contributed by atoms with Gasteiger partial charge in [0.25, 0.3) is 0 Å². The lowest BCUT2D eigenvalue weighted by Crippen LogP contribution is -2.51. The number of methoxy groups -OCH3 is 1. The molecular formula is C26H38N8O3. The van der Waals surface area contributed by atoms with Crippen LogP contribution in [0.1, 0.15) is 56.2 Å². The molecule has 0 radical (unpaired) electrons. The van der Waals surface area contributed by atoms with E-state index in [4.69, 9.17) is 20.2 Å². The summed E-state index contributed by atoms with van der Waals surface area (Å²) >= 11 is 0. The highest BCUT2D eigenvalue weighted by molar-refractivity contribution is 5.86. The summed E-state index contributed by atoms with van der Waals surface area (Å²) in [6, 6.07) is 2.80. The van der Waals surface area contributed by atoms with Crippen LogP contribution in [0.15, 0.2) is 18.5 Å². The van der Waals surface area contributed by atoms with Gasteiger partial charge in [-0.3, -0.25) is 14.6 Å². The number of nitrogens with two attached hydrogens (primary N) is 1. The quantitative estimate of drug-likeness (QED) is 0.353. The highest BCUT2D eigenvalue weighted by Gasteiger charge is 2.30. The summed E-state index contributed by atoms with van der Waals surface area (Å²) in [6.45, 7) is 6.55. The first kappa shape index (κ1) is 25.6. The molecule has 2 saturated heterocycles. The molecule has 11 nitrogen and oxygen atoms in total. The molecule has 0 aromatic carbocycles. The van der Waals surface area contributed by atoms with Crippen LogP contribution in [0, 0.1) is 0 Å². The number of hydrogen-bond donors (Lipinski definition) is 3. The average molecular weight is 511 g/mol. The second-order valence-electron chi connectivity index (χ2n) is 10.0. The van der Waals surface area contributed by atoms with Gasteiger partial charge in [0.05, 0.1) is 39.1 Å². The molecule has 0 aliphatic carbocycles. The largest absolute Gasteiger partial charge is 0.495 e. The molecule has 0 spiro atoms. The topological polar surface area (TPSA) is 136 Å². The Balaban J connectivity index is 1.36. The monoisotopic (exact) mass is 510 g/mol. The minimum absolute atomic E-state index is 0.0750. The average Bonchev–Trinajstić information content (AvgIpc) is 3.26. The molecule has 5 rings (SSSR count). The molecule has 200 valence electrons. The lowest BCUT2D eigenvalue weighted by atomic mass is 9.89. The number of piperidine rings is 1. The van der Waals surface area contributed by atoms with E-state index < -0.39 is 0 Å². The van der Waals surface area contributed by atoms with E-state index in [1.54, 1.807) is 13.3 Å². The number of rotatable bonds is 11. The first-order valence-corrected chi connectivity index (χ1v) is 13.3. The normalized spacial score (nSPS) is 18.1. The number of aromatic nitrogens is 5. The summed E-state index contributed by atoms with van der Waals surface area (Å²) in [5.74, 6) is 2.04. The van der Waals surface area contributed by atoms with Crippen molar-refractivity contribution in [2.75, 3.05) is 51.1 Å². The summed E-state index contributed by atoms with van der Waals surface area (Å²) in [5.41, 5.74) is 9.43. The number of aliphatic hydroxyl groups excluding tert-OH is 1. The molecule has 5 heterocycles. The molecule has 0 bridgehead atoms. The second kappa shape index (κ2) is 11.6. The number of likely N-dealkylation sites (tertiary alicyclic amines) is 1. The predicted octanol–water partition coefficient (Wildman–Crippen LogP) is 2.40. The number of pyridine rings is 1. The third-order valence-electron chi connectivity index (χ3n) is 7.57. The molecule has 37 heavy (non-hydrogen) atoms. The zero-order chi connectivity index (χ0) is 25.8. The molecule has 2 fully saturated rings. The number of aliphatic hydroxyl groups is 1. The van der Waals surface area contributed by atoms with E-state index in [-0.39, 0.29) is 18.6 Å². The van der Waals surface area contributed by atoms with Gasteiger partial charge in [-0.05, 0) is 56.3 Å². The second-order valence-corrected chi connectivity index (χ2v) is 10.0. The molecule has 3 aromatic heterocycles. The Morgan fingerprint density at radius 2 is 2.03 bits per heavy atom. The van der Waals surface area contributed by atoms with Crippen LogP contribution in [0.2, 0.25) is 0 Å². The lowest BCUT2D eigenvalue weighted by molar-refractivity contribution is -0.0712. The van der Waals surface area contributed by atoms with Crippen molar-refractivity contribution in [1.29, 1.82) is 0 Å². The van der Waals surface area contributed by atoms with Crippen molar-refractivity contribution in [2.45, 2.75) is 63.6 Å². The summed E-state index contributed by atoms with van der Waals surface area (Å²) in [5, 5.41) is 17.5. The standard InChI is InChI=1S/C26H38N8O3/c1-3-4-19(7-10-35)30-25-24-21(31-26(27)32-25)13-29-34(24)14-22-23(36-2)11-18(12-28-22)17-5-8-33(9-6-17)20-15-37-16-20/h11-13,17,19-20,35H,3-10,14-16H2,1-2H3,(H3,27,30,31,32). The molecule has 2 aliphatic rings. The number of hydrogen-bond acceptors (Lipinski definition) is 10. The number of ether oxygens (including phenoxy) is 2. The summed E-state index contributed by atoms with van der Waals surface area (Å²) < 4.78 is 13.0. The Morgan fingerprint density at radius 1 is 1.22 bits per heavy atom. The van der Waals surface area contributed by atoms with E-state index in [0.717, 1.165) is 68.9 Å². The van der Waals surface area contributed by atoms with Crippen molar-refractivity contribution >= 4 is 22.8 Å². The number of nitrogen functional groups attached to an aromatic ring is 1. The first-order valence-electron chi connectivity index (χ1n) is 13.3. The fraction of sp³-hybridized carbons (Fsp3) is 0.615. The van der Waals surface area contributed by atoms with Crippen LogP contribution in [-0.2, 0) is 11.3 Å². The van der Waals surface area contributed by atoms with Crippen LogP contribution in [0.5, 0.6) is 5.75 Å². The number of nitrogens with one attached hydrogen (secondary N) is 1. The molecule has 2 aliphatic heterocycles. The minimum Gasteiger partial charge on any atom is -0.495 e. The maximum Gasteiger partial charge on any atom is 0.222 e. The van der Waals surface area contributed by atoms with Gasteiger partial charge < -0.3 is 25.6 Å². The fourth-order valence-electron chi connectivity index (χ4n) is 5.40. The van der Waals surface area contributed by atoms with Crippen molar-refractivity contribution in [3.05, 3.63) is 29.7 Å². The number of nitrogens with zero attached hydrogens (tertiary/aromatic N) is 6. The number of anilines is 2. The molecule has 4 N–H and O–H groups in total. The van der Waals surface area contributed by atoms with E-state index in [2.05, 4.69) is 38.3 Å². The Labute approximate surface area is 217 Å². The van der Waals surface area contributed by atoms with E-state index in [1.165, 1.54) is 5.56 Å². The summed E-state index contributed by atoms with van der Waals surface area (Å²) in [6.07, 6.45) is 8.43. The molecule has 0 amide bonds. The molecular weight excluding hydrogens is 472 g/mol. The van der Waals surface area contributed by atoms with Crippen LogP contribution in [0.4, 0.5) is 11.8 Å². The lowest BCUT2D eigenvalue weighted by Gasteiger charge is -2.41. The Hall–Kier alpha value is -3.02. The van der Waals surface area contributed by atoms with Crippen molar-refractivity contribution in [1.82, 2.24) is 29.6 Å². The third-order valence-corrected chi connectivity index (χ3v) is 7.57. The Morgan fingerprint density at radius 3 is 2.70 bits per heavy atom. The third kappa shape index (κ3) is 5.63. The maximum atomic E-state index is 9.50. The van der Waals surface area contributed by atoms with Gasteiger partial charge in [0.2, 0.25) is 5.95 Å². The highest BCUT2D eigenvalue weighted by Crippen LogP contribution is 2.33.